The van der Waals surface area contributed by atoms with Crippen molar-refractivity contribution in [1.29, 1.82) is 0 Å². The van der Waals surface area contributed by atoms with E-state index in [0.29, 0.717) is 29.9 Å². The van der Waals surface area contributed by atoms with Crippen molar-refractivity contribution < 1.29 is 14.2 Å². The second-order valence-corrected chi connectivity index (χ2v) is 8.28. The van der Waals surface area contributed by atoms with Gasteiger partial charge in [-0.1, -0.05) is 45.6 Å². The van der Waals surface area contributed by atoms with Crippen molar-refractivity contribution in [3.05, 3.63) is 33.5 Å². The van der Waals surface area contributed by atoms with E-state index < -0.39 is 0 Å². The van der Waals surface area contributed by atoms with Crippen LogP contribution in [0.5, 0.6) is 17.4 Å². The van der Waals surface area contributed by atoms with Crippen LogP contribution in [0.15, 0.2) is 24.4 Å². The summed E-state index contributed by atoms with van der Waals surface area (Å²) in [7, 11) is 3.25. The van der Waals surface area contributed by atoms with Crippen LogP contribution in [0.3, 0.4) is 0 Å². The van der Waals surface area contributed by atoms with Gasteiger partial charge < -0.3 is 19.5 Å². The maximum Gasteiger partial charge on any atom is 0.232 e. The first kappa shape index (κ1) is 23.5. The highest BCUT2D eigenvalue weighted by Crippen LogP contribution is 2.28. The van der Waals surface area contributed by atoms with Crippen LogP contribution in [0.2, 0.25) is 0 Å². The fourth-order valence-electron chi connectivity index (χ4n) is 2.86. The monoisotopic (exact) mass is 513 g/mol. The van der Waals surface area contributed by atoms with Crippen molar-refractivity contribution >= 4 is 28.5 Å². The predicted molar refractivity (Wildman–Crippen MR) is 125 cm³/mol. The topological polar surface area (TPSA) is 65.5 Å². The van der Waals surface area contributed by atoms with E-state index in [1.54, 1.807) is 20.4 Å². The Morgan fingerprint density at radius 2 is 1.90 bits per heavy atom. The lowest BCUT2D eigenvalue weighted by Crippen LogP contribution is -2.08. The van der Waals surface area contributed by atoms with Crippen LogP contribution in [0.1, 0.15) is 51.5 Å². The van der Waals surface area contributed by atoms with Gasteiger partial charge in [0.1, 0.15) is 6.61 Å². The fourth-order valence-corrected chi connectivity index (χ4v) is 3.27. The Balaban J connectivity index is 1.84. The van der Waals surface area contributed by atoms with Gasteiger partial charge in [0.25, 0.3) is 0 Å². The van der Waals surface area contributed by atoms with Crippen molar-refractivity contribution in [2.75, 3.05) is 26.1 Å². The summed E-state index contributed by atoms with van der Waals surface area (Å²) in [6.07, 6.45) is 7.98. The highest BCUT2D eigenvalue weighted by molar-refractivity contribution is 14.1. The molecule has 1 N–H and O–H groups in total. The Bertz CT molecular complexity index is 758. The molecule has 0 radical (unpaired) electrons. The Morgan fingerprint density at radius 1 is 1.10 bits per heavy atom. The van der Waals surface area contributed by atoms with Crippen LogP contribution >= 0.6 is 22.6 Å². The van der Waals surface area contributed by atoms with Gasteiger partial charge in [0.2, 0.25) is 11.8 Å². The quantitative estimate of drug-likeness (QED) is 0.274. The van der Waals surface area contributed by atoms with Gasteiger partial charge in [0.15, 0.2) is 11.5 Å². The number of nitrogens with zero attached hydrogens (tertiary/aromatic N) is 2. The fraction of sp³-hybridized carbons (Fsp3) is 0.545. The van der Waals surface area contributed by atoms with Gasteiger partial charge in [-0.15, -0.1) is 0 Å². The molecule has 0 aliphatic carbocycles. The summed E-state index contributed by atoms with van der Waals surface area (Å²) >= 11 is 2.19. The zero-order chi connectivity index (χ0) is 21.1. The third-order valence-electron chi connectivity index (χ3n) is 4.89. The molecular weight excluding hydrogens is 481 g/mol. The van der Waals surface area contributed by atoms with Crippen molar-refractivity contribution in [2.24, 2.45) is 5.92 Å². The minimum Gasteiger partial charge on any atom is -0.493 e. The Kier molecular flexibility index (Phi) is 10.3. The lowest BCUT2D eigenvalue weighted by Gasteiger charge is -2.12. The van der Waals surface area contributed by atoms with E-state index in [2.05, 4.69) is 51.7 Å². The molecular formula is C22H32IN3O3. The number of nitrogens with one attached hydrogen (secondary N) is 1. The number of methoxy groups -OCH3 is 2. The molecule has 2 aromatic rings. The molecule has 0 fully saturated rings. The lowest BCUT2D eigenvalue weighted by atomic mass is 10.0. The summed E-state index contributed by atoms with van der Waals surface area (Å²) in [5.74, 6) is 3.39. The number of hydrogen-bond acceptors (Lipinski definition) is 6. The van der Waals surface area contributed by atoms with Crippen LogP contribution in [0.25, 0.3) is 0 Å². The summed E-state index contributed by atoms with van der Waals surface area (Å²) < 4.78 is 17.4. The summed E-state index contributed by atoms with van der Waals surface area (Å²) in [6, 6.07) is 5.73. The molecule has 0 saturated carbocycles. The van der Waals surface area contributed by atoms with Gasteiger partial charge in [0.05, 0.1) is 17.8 Å². The first-order valence-corrected chi connectivity index (χ1v) is 11.2. The molecule has 7 heteroatoms. The highest BCUT2D eigenvalue weighted by Gasteiger charge is 2.09. The number of rotatable bonds is 13. The SMILES string of the molecule is CC[C@H](C)CCCCCNc1ncc(I)c(OCc2ccc(OC)c(OC)c2)n1. The van der Waals surface area contributed by atoms with Crippen molar-refractivity contribution in [2.45, 2.75) is 52.6 Å². The molecule has 0 aliphatic heterocycles. The molecule has 29 heavy (non-hydrogen) atoms. The predicted octanol–water partition coefficient (Wildman–Crippen LogP) is 5.70. The number of unbranched alkanes of at least 4 members (excludes halogenated alkanes) is 2. The molecule has 0 aliphatic rings. The second kappa shape index (κ2) is 12.7. The zero-order valence-electron chi connectivity index (χ0n) is 17.8. The van der Waals surface area contributed by atoms with Crippen molar-refractivity contribution in [3.8, 4) is 17.4 Å². The Labute approximate surface area is 187 Å². The van der Waals surface area contributed by atoms with Gasteiger partial charge in [-0.05, 0) is 52.6 Å². The molecule has 0 unspecified atom stereocenters. The molecule has 1 aromatic heterocycles. The summed E-state index contributed by atoms with van der Waals surface area (Å²) in [5.41, 5.74) is 0.980. The number of anilines is 1. The molecule has 1 aromatic carbocycles. The second-order valence-electron chi connectivity index (χ2n) is 7.11. The summed E-state index contributed by atoms with van der Waals surface area (Å²) in [6.45, 7) is 5.84. The number of benzene rings is 1. The number of ether oxygens (including phenoxy) is 3. The van der Waals surface area contributed by atoms with Crippen LogP contribution in [-0.2, 0) is 6.61 Å². The van der Waals surface area contributed by atoms with E-state index in [9.17, 15) is 0 Å². The first-order chi connectivity index (χ1) is 14.1. The average Bonchev–Trinajstić information content (AvgIpc) is 2.75. The molecule has 2 rings (SSSR count). The smallest absolute Gasteiger partial charge is 0.232 e. The van der Waals surface area contributed by atoms with Gasteiger partial charge in [-0.25, -0.2) is 4.98 Å². The number of halogens is 1. The zero-order valence-corrected chi connectivity index (χ0v) is 20.0. The third-order valence-corrected chi connectivity index (χ3v) is 5.63. The van der Waals surface area contributed by atoms with Crippen LogP contribution in [-0.4, -0.2) is 30.7 Å². The van der Waals surface area contributed by atoms with E-state index in [1.165, 1.54) is 25.7 Å². The van der Waals surface area contributed by atoms with E-state index in [4.69, 9.17) is 14.2 Å². The highest BCUT2D eigenvalue weighted by atomic mass is 127. The van der Waals surface area contributed by atoms with E-state index in [1.807, 2.05) is 18.2 Å². The molecule has 6 nitrogen and oxygen atoms in total. The molecule has 1 heterocycles. The largest absolute Gasteiger partial charge is 0.493 e. The summed E-state index contributed by atoms with van der Waals surface area (Å²) in [5, 5.41) is 3.30. The molecule has 0 bridgehead atoms. The van der Waals surface area contributed by atoms with Gasteiger partial charge >= 0.3 is 0 Å². The maximum atomic E-state index is 5.93. The van der Waals surface area contributed by atoms with Gasteiger partial charge in [-0.3, -0.25) is 0 Å². The van der Waals surface area contributed by atoms with Crippen molar-refractivity contribution in [1.82, 2.24) is 9.97 Å². The maximum absolute atomic E-state index is 5.93. The first-order valence-electron chi connectivity index (χ1n) is 10.2. The number of aromatic nitrogens is 2. The molecule has 0 saturated heterocycles. The van der Waals surface area contributed by atoms with Crippen LogP contribution in [0.4, 0.5) is 5.95 Å². The normalized spacial score (nSPS) is 11.8. The van der Waals surface area contributed by atoms with E-state index in [0.717, 1.165) is 28.0 Å². The Hall–Kier alpha value is -1.77. The Morgan fingerprint density at radius 3 is 2.62 bits per heavy atom. The molecule has 160 valence electrons. The standard InChI is InChI=1S/C22H32IN3O3/c1-5-16(2)9-7-6-8-12-24-22-25-14-18(23)21(26-22)29-15-17-10-11-19(27-3)20(13-17)28-4/h10-11,13-14,16H,5-9,12,15H2,1-4H3,(H,24,25,26)/t16-/m0/s1. The third kappa shape index (κ3) is 7.87. The lowest BCUT2D eigenvalue weighted by molar-refractivity contribution is 0.289. The number of hydrogen-bond donors (Lipinski definition) is 1. The van der Waals surface area contributed by atoms with Gasteiger partial charge in [0, 0.05) is 12.7 Å². The van der Waals surface area contributed by atoms with Crippen LogP contribution in [0, 0.1) is 9.49 Å². The van der Waals surface area contributed by atoms with E-state index >= 15 is 0 Å². The van der Waals surface area contributed by atoms with Crippen LogP contribution < -0.4 is 19.5 Å². The van der Waals surface area contributed by atoms with E-state index in [-0.39, 0.29) is 0 Å². The average molecular weight is 513 g/mol. The molecule has 0 spiro atoms. The molecule has 0 amide bonds. The molecule has 1 atom stereocenters. The van der Waals surface area contributed by atoms with Crippen molar-refractivity contribution in [3.63, 3.8) is 0 Å². The minimum absolute atomic E-state index is 0.391. The summed E-state index contributed by atoms with van der Waals surface area (Å²) in [4.78, 5) is 8.87. The minimum atomic E-state index is 0.391. The van der Waals surface area contributed by atoms with Gasteiger partial charge in [-0.2, -0.15) is 4.98 Å².